The molecule has 0 fully saturated rings. The van der Waals surface area contributed by atoms with Crippen LogP contribution >= 0.6 is 0 Å². The van der Waals surface area contributed by atoms with Crippen molar-refractivity contribution >= 4 is 27.7 Å². The number of halogens is 2. The molecule has 8 nitrogen and oxygen atoms in total. The summed E-state index contributed by atoms with van der Waals surface area (Å²) < 4.78 is 55.6. The van der Waals surface area contributed by atoms with E-state index in [0.29, 0.717) is 16.3 Å². The molecule has 0 spiro atoms. The molecule has 0 saturated heterocycles. The SMILES string of the molecule is CCC(C)NC(=O)C(C)N(Cc1ccc(F)cc1)C(=O)CN(c1ccccc1F)S(=O)(=O)N(C)C. The monoisotopic (exact) mass is 510 g/mol. The molecule has 2 aromatic rings. The third kappa shape index (κ3) is 7.22. The van der Waals surface area contributed by atoms with Gasteiger partial charge < -0.3 is 10.2 Å². The summed E-state index contributed by atoms with van der Waals surface area (Å²) >= 11 is 0. The van der Waals surface area contributed by atoms with Crippen molar-refractivity contribution in [2.75, 3.05) is 24.9 Å². The Hall–Kier alpha value is -3.05. The quantitative estimate of drug-likeness (QED) is 0.503. The molecule has 2 amide bonds. The number of nitrogens with zero attached hydrogens (tertiary/aromatic N) is 3. The van der Waals surface area contributed by atoms with Gasteiger partial charge in [0.15, 0.2) is 0 Å². The Labute approximate surface area is 205 Å². The molecule has 2 aromatic carbocycles. The summed E-state index contributed by atoms with van der Waals surface area (Å²) in [7, 11) is -1.72. The number of hydrogen-bond acceptors (Lipinski definition) is 4. The van der Waals surface area contributed by atoms with Gasteiger partial charge in [0.05, 0.1) is 5.69 Å². The van der Waals surface area contributed by atoms with Crippen molar-refractivity contribution in [3.8, 4) is 0 Å². The number of carbonyl (C=O) groups is 2. The van der Waals surface area contributed by atoms with Crippen LogP contribution in [-0.4, -0.2) is 62.2 Å². The van der Waals surface area contributed by atoms with Gasteiger partial charge in [-0.05, 0) is 50.1 Å². The number of para-hydroxylation sites is 1. The lowest BCUT2D eigenvalue weighted by molar-refractivity contribution is -0.139. The average Bonchev–Trinajstić information content (AvgIpc) is 2.81. The number of rotatable bonds is 11. The van der Waals surface area contributed by atoms with Crippen molar-refractivity contribution in [2.45, 2.75) is 45.8 Å². The van der Waals surface area contributed by atoms with Crippen molar-refractivity contribution < 1.29 is 26.8 Å². The van der Waals surface area contributed by atoms with Crippen molar-refractivity contribution in [1.82, 2.24) is 14.5 Å². The Morgan fingerprint density at radius 2 is 1.60 bits per heavy atom. The Morgan fingerprint density at radius 1 is 1.00 bits per heavy atom. The highest BCUT2D eigenvalue weighted by Crippen LogP contribution is 2.24. The average molecular weight is 511 g/mol. The largest absolute Gasteiger partial charge is 0.352 e. The van der Waals surface area contributed by atoms with Gasteiger partial charge >= 0.3 is 10.2 Å². The number of nitrogens with one attached hydrogen (secondary N) is 1. The van der Waals surface area contributed by atoms with E-state index in [4.69, 9.17) is 0 Å². The lowest BCUT2D eigenvalue weighted by Crippen LogP contribution is -2.53. The first-order valence-electron chi connectivity index (χ1n) is 11.2. The Bertz CT molecular complexity index is 1130. The molecule has 0 bridgehead atoms. The van der Waals surface area contributed by atoms with E-state index in [1.54, 1.807) is 0 Å². The summed E-state index contributed by atoms with van der Waals surface area (Å²) in [5.41, 5.74) is 0.240. The molecule has 0 aliphatic heterocycles. The van der Waals surface area contributed by atoms with Gasteiger partial charge in [0.25, 0.3) is 0 Å². The van der Waals surface area contributed by atoms with Crippen molar-refractivity contribution in [3.05, 3.63) is 65.7 Å². The fourth-order valence-corrected chi connectivity index (χ4v) is 4.25. The van der Waals surface area contributed by atoms with Gasteiger partial charge in [0.2, 0.25) is 11.8 Å². The molecule has 35 heavy (non-hydrogen) atoms. The maximum Gasteiger partial charge on any atom is 0.304 e. The first-order chi connectivity index (χ1) is 16.4. The van der Waals surface area contributed by atoms with Crippen LogP contribution in [0.3, 0.4) is 0 Å². The molecule has 0 aromatic heterocycles. The van der Waals surface area contributed by atoms with Gasteiger partial charge in [0.1, 0.15) is 24.2 Å². The van der Waals surface area contributed by atoms with E-state index in [9.17, 15) is 26.8 Å². The second-order valence-corrected chi connectivity index (χ2v) is 10.5. The van der Waals surface area contributed by atoms with Crippen LogP contribution in [0.2, 0.25) is 0 Å². The highest BCUT2D eigenvalue weighted by atomic mass is 32.2. The fraction of sp³-hybridized carbons (Fsp3) is 0.417. The normalized spacial score (nSPS) is 13.3. The molecule has 2 rings (SSSR count). The zero-order chi connectivity index (χ0) is 26.3. The van der Waals surface area contributed by atoms with Gasteiger partial charge in [-0.2, -0.15) is 12.7 Å². The molecule has 1 N–H and O–H groups in total. The van der Waals surface area contributed by atoms with Crippen molar-refractivity contribution in [3.63, 3.8) is 0 Å². The minimum atomic E-state index is -4.26. The van der Waals surface area contributed by atoms with Crippen LogP contribution in [0.5, 0.6) is 0 Å². The van der Waals surface area contributed by atoms with Gasteiger partial charge in [-0.15, -0.1) is 0 Å². The molecule has 0 heterocycles. The van der Waals surface area contributed by atoms with Crippen LogP contribution in [0.25, 0.3) is 0 Å². The molecule has 11 heteroatoms. The zero-order valence-electron chi connectivity index (χ0n) is 20.5. The van der Waals surface area contributed by atoms with Crippen LogP contribution in [0, 0.1) is 11.6 Å². The van der Waals surface area contributed by atoms with Crippen molar-refractivity contribution in [1.29, 1.82) is 0 Å². The number of anilines is 1. The summed E-state index contributed by atoms with van der Waals surface area (Å²) in [4.78, 5) is 27.6. The van der Waals surface area contributed by atoms with E-state index in [1.165, 1.54) is 68.4 Å². The second kappa shape index (κ2) is 12.1. The summed E-state index contributed by atoms with van der Waals surface area (Å²) in [6.45, 7) is 4.41. The van der Waals surface area contributed by atoms with E-state index < -0.39 is 46.2 Å². The molecule has 0 aliphatic carbocycles. The van der Waals surface area contributed by atoms with Crippen LogP contribution in [0.15, 0.2) is 48.5 Å². The van der Waals surface area contributed by atoms with E-state index in [1.807, 2.05) is 13.8 Å². The highest BCUT2D eigenvalue weighted by Gasteiger charge is 2.33. The Morgan fingerprint density at radius 3 is 2.14 bits per heavy atom. The van der Waals surface area contributed by atoms with E-state index in [2.05, 4.69) is 5.32 Å². The maximum atomic E-state index is 14.6. The molecule has 2 unspecified atom stereocenters. The molecule has 0 saturated carbocycles. The molecule has 2 atom stereocenters. The van der Waals surface area contributed by atoms with Gasteiger partial charge in [-0.3, -0.25) is 9.59 Å². The maximum absolute atomic E-state index is 14.6. The fourth-order valence-electron chi connectivity index (χ4n) is 3.19. The number of hydrogen-bond donors (Lipinski definition) is 1. The van der Waals surface area contributed by atoms with Gasteiger partial charge in [-0.25, -0.2) is 13.1 Å². The first-order valence-corrected chi connectivity index (χ1v) is 12.6. The minimum absolute atomic E-state index is 0.0820. The van der Waals surface area contributed by atoms with Crippen LogP contribution in [0.4, 0.5) is 14.5 Å². The van der Waals surface area contributed by atoms with Gasteiger partial charge in [-0.1, -0.05) is 31.2 Å². The highest BCUT2D eigenvalue weighted by molar-refractivity contribution is 7.90. The molecular weight excluding hydrogens is 478 g/mol. The predicted molar refractivity (Wildman–Crippen MR) is 131 cm³/mol. The molecule has 0 radical (unpaired) electrons. The third-order valence-electron chi connectivity index (χ3n) is 5.57. The summed E-state index contributed by atoms with van der Waals surface area (Å²) in [6, 6.07) is 9.49. The van der Waals surface area contributed by atoms with Crippen LogP contribution in [0.1, 0.15) is 32.8 Å². The summed E-state index contributed by atoms with van der Waals surface area (Å²) in [5, 5.41) is 2.81. The first kappa shape index (κ1) is 28.2. The van der Waals surface area contributed by atoms with Crippen LogP contribution in [-0.2, 0) is 26.3 Å². The lowest BCUT2D eigenvalue weighted by atomic mass is 10.1. The van der Waals surface area contributed by atoms with Gasteiger partial charge in [0, 0.05) is 26.7 Å². The molecule has 0 aliphatic rings. The Balaban J connectivity index is 2.46. The summed E-state index contributed by atoms with van der Waals surface area (Å²) in [6.07, 6.45) is 0.673. The number of carbonyl (C=O) groups excluding carboxylic acids is 2. The van der Waals surface area contributed by atoms with Crippen LogP contribution < -0.4 is 9.62 Å². The zero-order valence-corrected chi connectivity index (χ0v) is 21.4. The topological polar surface area (TPSA) is 90.0 Å². The number of benzene rings is 2. The number of amides is 2. The van der Waals surface area contributed by atoms with E-state index in [-0.39, 0.29) is 18.3 Å². The lowest BCUT2D eigenvalue weighted by Gasteiger charge is -2.33. The smallest absolute Gasteiger partial charge is 0.304 e. The van der Waals surface area contributed by atoms with Crippen molar-refractivity contribution in [2.24, 2.45) is 0 Å². The van der Waals surface area contributed by atoms with E-state index >= 15 is 0 Å². The predicted octanol–water partition coefficient (Wildman–Crippen LogP) is 2.91. The standard InChI is InChI=1S/C24H32F2N4O4S/c1-6-17(2)27-24(32)18(3)29(15-19-11-13-20(25)14-12-19)23(31)16-30(35(33,34)28(4)5)22-10-8-7-9-21(22)26/h7-14,17-18H,6,15-16H2,1-5H3,(H,27,32). The second-order valence-electron chi connectivity index (χ2n) is 8.39. The minimum Gasteiger partial charge on any atom is -0.352 e. The summed E-state index contributed by atoms with van der Waals surface area (Å²) in [5.74, 6) is -2.44. The molecular formula is C24H32F2N4O4S. The van der Waals surface area contributed by atoms with E-state index in [0.717, 1.165) is 10.4 Å². The third-order valence-corrected chi connectivity index (χ3v) is 7.38. The molecule has 192 valence electrons. The Kier molecular flexibility index (Phi) is 9.73.